The van der Waals surface area contributed by atoms with E-state index in [2.05, 4.69) is 12.1 Å². The van der Waals surface area contributed by atoms with E-state index >= 15 is 0 Å². The summed E-state index contributed by atoms with van der Waals surface area (Å²) in [7, 11) is 0. The summed E-state index contributed by atoms with van der Waals surface area (Å²) >= 11 is 0.959. The summed E-state index contributed by atoms with van der Waals surface area (Å²) in [4.78, 5) is 27.1. The molecule has 0 bridgehead atoms. The van der Waals surface area contributed by atoms with Gasteiger partial charge in [-0.3, -0.25) is 14.5 Å². The predicted molar refractivity (Wildman–Crippen MR) is 136 cm³/mol. The quantitative estimate of drug-likeness (QED) is 0.349. The van der Waals surface area contributed by atoms with Crippen LogP contribution in [0.2, 0.25) is 0 Å². The van der Waals surface area contributed by atoms with Crippen molar-refractivity contribution in [1.82, 2.24) is 4.90 Å². The molecule has 3 aromatic carbocycles. The third kappa shape index (κ3) is 5.69. The van der Waals surface area contributed by atoms with Crippen molar-refractivity contribution in [1.29, 1.82) is 0 Å². The van der Waals surface area contributed by atoms with Crippen LogP contribution in [0.4, 0.5) is 4.79 Å². The third-order valence-corrected chi connectivity index (χ3v) is 6.28. The van der Waals surface area contributed by atoms with Gasteiger partial charge in [0.05, 0.1) is 18.1 Å². The number of amides is 2. The van der Waals surface area contributed by atoms with E-state index in [9.17, 15) is 9.59 Å². The second-order valence-corrected chi connectivity index (χ2v) is 9.16. The average molecular weight is 474 g/mol. The number of rotatable bonds is 8. The Labute approximate surface area is 204 Å². The molecule has 1 aliphatic rings. The predicted octanol–water partition coefficient (Wildman–Crippen LogP) is 6.52. The Bertz CT molecular complexity index is 1230. The maximum absolute atomic E-state index is 12.9. The van der Waals surface area contributed by atoms with Crippen molar-refractivity contribution in [2.75, 3.05) is 6.61 Å². The molecule has 1 heterocycles. The van der Waals surface area contributed by atoms with Gasteiger partial charge in [-0.05, 0) is 67.4 Å². The molecule has 1 saturated heterocycles. The van der Waals surface area contributed by atoms with Crippen molar-refractivity contribution in [2.24, 2.45) is 0 Å². The van der Waals surface area contributed by atoms with Crippen LogP contribution in [-0.4, -0.2) is 22.7 Å². The van der Waals surface area contributed by atoms with Crippen molar-refractivity contribution in [3.8, 4) is 11.5 Å². The fourth-order valence-corrected chi connectivity index (χ4v) is 4.47. The molecule has 34 heavy (non-hydrogen) atoms. The summed E-state index contributed by atoms with van der Waals surface area (Å²) in [6.45, 7) is 7.12. The van der Waals surface area contributed by atoms with E-state index < -0.39 is 0 Å². The molecule has 0 unspecified atom stereocenters. The van der Waals surface area contributed by atoms with Crippen LogP contribution >= 0.6 is 11.8 Å². The molecule has 3 aromatic rings. The molecular formula is C28H27NO4S. The van der Waals surface area contributed by atoms with Crippen LogP contribution in [-0.2, 0) is 17.9 Å². The summed E-state index contributed by atoms with van der Waals surface area (Å²) < 4.78 is 11.8. The van der Waals surface area contributed by atoms with E-state index in [1.807, 2.05) is 75.4 Å². The molecule has 1 fully saturated rings. The molecule has 0 radical (unpaired) electrons. The molecule has 0 N–H and O–H groups in total. The monoisotopic (exact) mass is 473 g/mol. The zero-order chi connectivity index (χ0) is 24.1. The number of ether oxygens (including phenoxy) is 2. The summed E-state index contributed by atoms with van der Waals surface area (Å²) in [5, 5.41) is -0.263. The average Bonchev–Trinajstić information content (AvgIpc) is 3.07. The number of nitrogens with zero attached hydrogens (tertiary/aromatic N) is 1. The van der Waals surface area contributed by atoms with Crippen LogP contribution in [0, 0.1) is 13.8 Å². The number of thioether (sulfide) groups is 1. The van der Waals surface area contributed by atoms with Crippen LogP contribution < -0.4 is 9.47 Å². The van der Waals surface area contributed by atoms with Crippen LogP contribution in [0.3, 0.4) is 0 Å². The molecule has 0 spiro atoms. The molecule has 1 aliphatic heterocycles. The van der Waals surface area contributed by atoms with Crippen molar-refractivity contribution in [3.63, 3.8) is 0 Å². The van der Waals surface area contributed by atoms with Gasteiger partial charge in [0.25, 0.3) is 11.1 Å². The van der Waals surface area contributed by atoms with Crippen molar-refractivity contribution in [2.45, 2.75) is 33.9 Å². The summed E-state index contributed by atoms with van der Waals surface area (Å²) in [5.74, 6) is 0.948. The largest absolute Gasteiger partial charge is 0.490 e. The molecule has 174 valence electrons. The summed E-state index contributed by atoms with van der Waals surface area (Å²) in [6, 6.07) is 21.5. The first-order valence-corrected chi connectivity index (χ1v) is 12.0. The number of carbonyl (C=O) groups excluding carboxylic acids is 2. The topological polar surface area (TPSA) is 55.8 Å². The van der Waals surface area contributed by atoms with E-state index in [0.29, 0.717) is 29.6 Å². The minimum Gasteiger partial charge on any atom is -0.490 e. The Morgan fingerprint density at radius 3 is 2.38 bits per heavy atom. The SMILES string of the molecule is CCOc1cc(/C=C2\SC(=O)N(Cc3cccc(C)c3)C2=O)ccc1OCc1ccc(C)cc1. The third-order valence-electron chi connectivity index (χ3n) is 5.38. The van der Waals surface area contributed by atoms with Gasteiger partial charge in [-0.1, -0.05) is 65.7 Å². The molecule has 2 amide bonds. The standard InChI is InChI=1S/C28H27NO4S/c1-4-32-25-15-22(12-13-24(25)33-18-21-10-8-19(2)9-11-21)16-26-27(30)29(28(31)34-26)17-23-7-5-6-20(3)14-23/h5-16H,4,17-18H2,1-3H3/b26-16-. The number of hydrogen-bond donors (Lipinski definition) is 0. The van der Waals surface area contributed by atoms with Crippen LogP contribution in [0.1, 0.15) is 34.7 Å². The van der Waals surface area contributed by atoms with Gasteiger partial charge in [-0.15, -0.1) is 0 Å². The lowest BCUT2D eigenvalue weighted by atomic mass is 10.1. The number of aryl methyl sites for hydroxylation is 2. The number of carbonyl (C=O) groups is 2. The molecule has 0 aliphatic carbocycles. The zero-order valence-corrected chi connectivity index (χ0v) is 20.4. The first kappa shape index (κ1) is 23.6. The van der Waals surface area contributed by atoms with Gasteiger partial charge in [0.15, 0.2) is 11.5 Å². The van der Waals surface area contributed by atoms with Gasteiger partial charge in [0.1, 0.15) is 6.61 Å². The van der Waals surface area contributed by atoms with Gasteiger partial charge < -0.3 is 9.47 Å². The normalized spacial score (nSPS) is 14.7. The highest BCUT2D eigenvalue weighted by Crippen LogP contribution is 2.35. The smallest absolute Gasteiger partial charge is 0.293 e. The highest BCUT2D eigenvalue weighted by atomic mass is 32.2. The zero-order valence-electron chi connectivity index (χ0n) is 19.5. The maximum atomic E-state index is 12.9. The summed E-state index contributed by atoms with van der Waals surface area (Å²) in [6.07, 6.45) is 1.73. The van der Waals surface area contributed by atoms with Gasteiger partial charge in [0.2, 0.25) is 0 Å². The van der Waals surface area contributed by atoms with E-state index in [4.69, 9.17) is 9.47 Å². The van der Waals surface area contributed by atoms with Crippen molar-refractivity contribution in [3.05, 3.63) is 99.5 Å². The minimum atomic E-state index is -0.283. The van der Waals surface area contributed by atoms with Crippen molar-refractivity contribution < 1.29 is 19.1 Å². The molecule has 0 saturated carbocycles. The molecular weight excluding hydrogens is 446 g/mol. The maximum Gasteiger partial charge on any atom is 0.293 e. The molecule has 0 atom stereocenters. The number of benzene rings is 3. The van der Waals surface area contributed by atoms with E-state index in [1.54, 1.807) is 6.08 Å². The Morgan fingerprint density at radius 1 is 0.853 bits per heavy atom. The first-order valence-electron chi connectivity index (χ1n) is 11.2. The second kappa shape index (κ2) is 10.6. The van der Waals surface area contributed by atoms with E-state index in [-0.39, 0.29) is 17.7 Å². The summed E-state index contributed by atoms with van der Waals surface area (Å²) in [5.41, 5.74) is 5.06. The number of imide groups is 1. The van der Waals surface area contributed by atoms with Crippen LogP contribution in [0.15, 0.2) is 71.6 Å². The highest BCUT2D eigenvalue weighted by Gasteiger charge is 2.35. The number of hydrogen-bond acceptors (Lipinski definition) is 5. The lowest BCUT2D eigenvalue weighted by Crippen LogP contribution is -2.27. The molecule has 0 aromatic heterocycles. The minimum absolute atomic E-state index is 0.263. The lowest BCUT2D eigenvalue weighted by Gasteiger charge is -2.13. The molecule has 5 nitrogen and oxygen atoms in total. The van der Waals surface area contributed by atoms with E-state index in [0.717, 1.165) is 34.0 Å². The highest BCUT2D eigenvalue weighted by molar-refractivity contribution is 8.18. The second-order valence-electron chi connectivity index (χ2n) is 8.17. The van der Waals surface area contributed by atoms with Gasteiger partial charge in [-0.25, -0.2) is 0 Å². The fraction of sp³-hybridized carbons (Fsp3) is 0.214. The van der Waals surface area contributed by atoms with Crippen molar-refractivity contribution >= 4 is 29.0 Å². The van der Waals surface area contributed by atoms with Gasteiger partial charge in [-0.2, -0.15) is 0 Å². The lowest BCUT2D eigenvalue weighted by molar-refractivity contribution is -0.123. The fourth-order valence-electron chi connectivity index (χ4n) is 3.63. The Kier molecular flexibility index (Phi) is 7.38. The van der Waals surface area contributed by atoms with Gasteiger partial charge in [0, 0.05) is 0 Å². The molecule has 4 rings (SSSR count). The Morgan fingerprint density at radius 2 is 1.65 bits per heavy atom. The Hall–Kier alpha value is -3.51. The van der Waals surface area contributed by atoms with Gasteiger partial charge >= 0.3 is 0 Å². The van der Waals surface area contributed by atoms with Crippen LogP contribution in [0.25, 0.3) is 6.08 Å². The van der Waals surface area contributed by atoms with Crippen LogP contribution in [0.5, 0.6) is 11.5 Å². The molecule has 6 heteroatoms. The Balaban J connectivity index is 1.50. The first-order chi connectivity index (χ1) is 16.4. The van der Waals surface area contributed by atoms with E-state index in [1.165, 1.54) is 10.5 Å².